The summed E-state index contributed by atoms with van der Waals surface area (Å²) in [6, 6.07) is 0. The van der Waals surface area contributed by atoms with E-state index >= 15 is 0 Å². The Morgan fingerprint density at radius 3 is 1.03 bits per heavy atom. The average molecular weight is 1020 g/mol. The molecule has 0 radical (unpaired) electrons. The smallest absolute Gasteiger partial charge is 0.361 e. The molecule has 0 heterocycles. The Hall–Kier alpha value is -1.97. The second-order valence-corrected chi connectivity index (χ2v) is 22.7. The summed E-state index contributed by atoms with van der Waals surface area (Å²) in [7, 11) is 5.98. The van der Waals surface area contributed by atoms with Crippen LogP contribution in [0.1, 0.15) is 316 Å². The molecule has 0 aromatic rings. The van der Waals surface area contributed by atoms with Gasteiger partial charge in [-0.3, -0.25) is 9.59 Å². The van der Waals surface area contributed by atoms with Crippen molar-refractivity contribution < 1.29 is 42.9 Å². The molecule has 0 aliphatic rings. The third-order valence-corrected chi connectivity index (χ3v) is 14.3. The molecule has 0 aromatic carbocycles. The summed E-state index contributed by atoms with van der Waals surface area (Å²) in [6.07, 6.45) is 61.9. The lowest BCUT2D eigenvalue weighted by atomic mass is 10.0. The van der Waals surface area contributed by atoms with Gasteiger partial charge in [0.05, 0.1) is 34.4 Å². The van der Waals surface area contributed by atoms with Gasteiger partial charge in [-0.25, -0.2) is 4.79 Å². The van der Waals surface area contributed by atoms with E-state index in [1.54, 1.807) is 0 Å². The monoisotopic (exact) mass is 1020 g/mol. The summed E-state index contributed by atoms with van der Waals surface area (Å²) in [4.78, 5) is 37.3. The summed E-state index contributed by atoms with van der Waals surface area (Å²) < 4.78 is 22.9. The van der Waals surface area contributed by atoms with Crippen LogP contribution in [0.2, 0.25) is 0 Å². The van der Waals surface area contributed by atoms with Crippen LogP contribution in [-0.4, -0.2) is 87.4 Å². The number of carboxylic acid groups (broad SMARTS) is 1. The van der Waals surface area contributed by atoms with E-state index in [0.717, 1.165) is 38.5 Å². The quantitative estimate of drug-likeness (QED) is 0.0211. The average Bonchev–Trinajstić information content (AvgIpc) is 3.35. The van der Waals surface area contributed by atoms with Crippen LogP contribution in [0.15, 0.2) is 12.2 Å². The number of quaternary nitrogens is 1. The van der Waals surface area contributed by atoms with Crippen molar-refractivity contribution in [2.24, 2.45) is 0 Å². The van der Waals surface area contributed by atoms with E-state index in [0.29, 0.717) is 17.4 Å². The molecule has 1 N–H and O–H groups in total. The number of nitrogens with zero attached hydrogens (tertiary/aromatic N) is 1. The normalized spacial score (nSPS) is 12.7. The number of aliphatic carboxylic acids is 1. The Balaban J connectivity index is 3.95. The molecule has 0 spiro atoms. The first-order valence-corrected chi connectivity index (χ1v) is 31.4. The van der Waals surface area contributed by atoms with Crippen LogP contribution in [-0.2, 0) is 33.3 Å². The summed E-state index contributed by atoms with van der Waals surface area (Å²) >= 11 is 0. The molecule has 0 saturated heterocycles. The highest BCUT2D eigenvalue weighted by atomic mass is 16.7. The number of hydrogen-bond donors (Lipinski definition) is 1. The van der Waals surface area contributed by atoms with Gasteiger partial charge >= 0.3 is 17.9 Å². The fourth-order valence-electron chi connectivity index (χ4n) is 9.42. The number of unbranched alkanes of at least 4 members (excludes halogenated alkanes) is 42. The Kier molecular flexibility index (Phi) is 53.8. The molecule has 9 nitrogen and oxygen atoms in total. The predicted molar refractivity (Wildman–Crippen MR) is 305 cm³/mol. The maximum atomic E-state index is 12.9. The molecule has 0 rings (SSSR count). The van der Waals surface area contributed by atoms with Crippen molar-refractivity contribution in [3.05, 3.63) is 12.2 Å². The lowest BCUT2D eigenvalue weighted by Gasteiger charge is -2.25. The molecule has 0 aliphatic carbocycles. The molecule has 426 valence electrons. The van der Waals surface area contributed by atoms with E-state index in [-0.39, 0.29) is 38.2 Å². The van der Waals surface area contributed by atoms with Gasteiger partial charge in [0, 0.05) is 12.8 Å². The zero-order valence-electron chi connectivity index (χ0n) is 48.6. The topological polar surface area (TPSA) is 108 Å². The van der Waals surface area contributed by atoms with Crippen molar-refractivity contribution in [2.45, 2.75) is 328 Å². The largest absolute Gasteiger partial charge is 0.477 e. The molecule has 2 atom stereocenters. The molecule has 72 heavy (non-hydrogen) atoms. The molecule has 0 aromatic heterocycles. The minimum atomic E-state index is -1.50. The highest BCUT2D eigenvalue weighted by Crippen LogP contribution is 2.18. The van der Waals surface area contributed by atoms with E-state index in [1.165, 1.54) is 250 Å². The van der Waals surface area contributed by atoms with Crippen LogP contribution in [0.25, 0.3) is 0 Å². The minimum absolute atomic E-state index is 0.174. The van der Waals surface area contributed by atoms with Crippen LogP contribution in [0.4, 0.5) is 0 Å². The summed E-state index contributed by atoms with van der Waals surface area (Å²) in [5.74, 6) is -1.98. The zero-order valence-corrected chi connectivity index (χ0v) is 48.6. The van der Waals surface area contributed by atoms with Crippen molar-refractivity contribution >= 4 is 17.9 Å². The van der Waals surface area contributed by atoms with Crippen molar-refractivity contribution in [1.29, 1.82) is 0 Å². The van der Waals surface area contributed by atoms with E-state index in [2.05, 4.69) is 26.0 Å². The second-order valence-electron chi connectivity index (χ2n) is 22.7. The number of esters is 2. The van der Waals surface area contributed by atoms with E-state index < -0.39 is 18.4 Å². The Morgan fingerprint density at radius 2 is 0.708 bits per heavy atom. The van der Waals surface area contributed by atoms with Gasteiger partial charge in [0.2, 0.25) is 0 Å². The van der Waals surface area contributed by atoms with Gasteiger partial charge in [0.25, 0.3) is 6.29 Å². The summed E-state index contributed by atoms with van der Waals surface area (Å²) in [5, 5.41) is 9.69. The van der Waals surface area contributed by atoms with Gasteiger partial charge in [-0.1, -0.05) is 276 Å². The summed E-state index contributed by atoms with van der Waals surface area (Å²) in [6.45, 7) is 4.92. The standard InChI is InChI=1S/C63H121NO8/c1-6-8-10-12-14-16-18-20-21-22-23-24-25-26-27-28-29-30-31-32-33-34-35-36-37-38-39-40-41-42-44-46-48-50-52-54-61(66)72-59(58-71-63(62(67)68)69-56-55-64(3,4)5)57-70-60(65)53-51-49-47-45-43-19-17-15-13-11-9-7-2/h22-23,59,63H,6-21,24-58H2,1-5H3/p+1/b23-22-. The fraction of sp³-hybridized carbons (Fsp3) is 0.921. The van der Waals surface area contributed by atoms with Gasteiger partial charge in [-0.2, -0.15) is 0 Å². The third-order valence-electron chi connectivity index (χ3n) is 14.3. The highest BCUT2D eigenvalue weighted by molar-refractivity contribution is 5.71. The number of hydrogen-bond acceptors (Lipinski definition) is 7. The number of carboxylic acids is 1. The molecule has 9 heteroatoms. The zero-order chi connectivity index (χ0) is 52.7. The van der Waals surface area contributed by atoms with Crippen molar-refractivity contribution in [1.82, 2.24) is 0 Å². The lowest BCUT2D eigenvalue weighted by molar-refractivity contribution is -0.870. The maximum Gasteiger partial charge on any atom is 0.361 e. The van der Waals surface area contributed by atoms with Crippen molar-refractivity contribution in [2.75, 3.05) is 47.5 Å². The highest BCUT2D eigenvalue weighted by Gasteiger charge is 2.25. The fourth-order valence-corrected chi connectivity index (χ4v) is 9.42. The number of ether oxygens (including phenoxy) is 4. The van der Waals surface area contributed by atoms with Crippen LogP contribution >= 0.6 is 0 Å². The molecular weight excluding hydrogens is 899 g/mol. The number of carbonyl (C=O) groups is 3. The number of rotatable bonds is 59. The first kappa shape index (κ1) is 70.0. The van der Waals surface area contributed by atoms with Crippen molar-refractivity contribution in [3.8, 4) is 0 Å². The van der Waals surface area contributed by atoms with Crippen LogP contribution in [0, 0.1) is 0 Å². The van der Waals surface area contributed by atoms with Crippen molar-refractivity contribution in [3.63, 3.8) is 0 Å². The maximum absolute atomic E-state index is 12.9. The molecule has 0 bridgehead atoms. The molecular formula is C63H122NO8+. The van der Waals surface area contributed by atoms with Gasteiger partial charge in [-0.05, 0) is 38.5 Å². The Bertz CT molecular complexity index is 1190. The number of likely N-dealkylation sites (N-methyl/N-ethyl adjacent to an activating group) is 1. The summed E-state index contributed by atoms with van der Waals surface area (Å²) in [5.41, 5.74) is 0. The van der Waals surface area contributed by atoms with Gasteiger partial charge in [-0.15, -0.1) is 0 Å². The molecule has 0 fully saturated rings. The Labute approximate surface area is 446 Å². The van der Waals surface area contributed by atoms with Crippen LogP contribution in [0.5, 0.6) is 0 Å². The minimum Gasteiger partial charge on any atom is -0.477 e. The number of carbonyl (C=O) groups excluding carboxylic acids is 2. The number of allylic oxidation sites excluding steroid dienone is 2. The van der Waals surface area contributed by atoms with E-state index in [9.17, 15) is 19.5 Å². The SMILES string of the molecule is CCCCCCCCCC/C=C\CCCCCCCCCCCCCCCCCCCCCCCCCC(=O)OC(COC(=O)CCCCCCCCCCCCCC)COC(OCC[N+](C)(C)C)C(=O)O. The predicted octanol–water partition coefficient (Wildman–Crippen LogP) is 18.5. The van der Waals surface area contributed by atoms with Gasteiger partial charge < -0.3 is 28.5 Å². The molecule has 0 saturated carbocycles. The molecule has 0 amide bonds. The first-order valence-electron chi connectivity index (χ1n) is 31.4. The molecule has 2 unspecified atom stereocenters. The van der Waals surface area contributed by atoms with Gasteiger partial charge in [0.15, 0.2) is 6.10 Å². The lowest BCUT2D eigenvalue weighted by Crippen LogP contribution is -2.40. The third kappa shape index (κ3) is 55.8. The molecule has 0 aliphatic heterocycles. The second kappa shape index (κ2) is 55.3. The van der Waals surface area contributed by atoms with Gasteiger partial charge in [0.1, 0.15) is 13.2 Å². The van der Waals surface area contributed by atoms with E-state index in [1.807, 2.05) is 21.1 Å². The Morgan fingerprint density at radius 1 is 0.403 bits per heavy atom. The van der Waals surface area contributed by atoms with Crippen LogP contribution in [0.3, 0.4) is 0 Å². The van der Waals surface area contributed by atoms with Crippen LogP contribution < -0.4 is 0 Å². The first-order chi connectivity index (χ1) is 35.1. The van der Waals surface area contributed by atoms with E-state index in [4.69, 9.17) is 18.9 Å².